The number of ether oxygens (including phenoxy) is 1. The van der Waals surface area contributed by atoms with E-state index in [0.717, 1.165) is 12.1 Å². The molecule has 0 aromatic heterocycles. The predicted molar refractivity (Wildman–Crippen MR) is 78.9 cm³/mol. The lowest BCUT2D eigenvalue weighted by molar-refractivity contribution is -0.137. The highest BCUT2D eigenvalue weighted by atomic mass is 19.4. The van der Waals surface area contributed by atoms with E-state index in [4.69, 9.17) is 4.74 Å². The van der Waals surface area contributed by atoms with Crippen molar-refractivity contribution in [2.75, 3.05) is 18.4 Å². The van der Waals surface area contributed by atoms with Crippen molar-refractivity contribution >= 4 is 11.8 Å². The number of hydrogen-bond donors (Lipinski definition) is 2. The van der Waals surface area contributed by atoms with Gasteiger partial charge in [0, 0.05) is 18.8 Å². The number of rotatable bonds is 4. The van der Waals surface area contributed by atoms with Crippen LogP contribution < -0.4 is 10.6 Å². The molecule has 0 aliphatic heterocycles. The van der Waals surface area contributed by atoms with Gasteiger partial charge in [0.2, 0.25) is 0 Å². The lowest BCUT2D eigenvalue weighted by Crippen LogP contribution is -2.35. The van der Waals surface area contributed by atoms with Crippen molar-refractivity contribution in [3.05, 3.63) is 29.3 Å². The molecule has 4 nitrogen and oxygen atoms in total. The summed E-state index contributed by atoms with van der Waals surface area (Å²) in [6.07, 6.45) is -4.94. The van der Waals surface area contributed by atoms with Crippen molar-refractivity contribution < 1.29 is 22.7 Å². The van der Waals surface area contributed by atoms with Crippen LogP contribution in [0.1, 0.15) is 31.9 Å². The number of hydrogen-bond acceptors (Lipinski definition) is 3. The van der Waals surface area contributed by atoms with Crippen LogP contribution in [0, 0.1) is 6.92 Å². The summed E-state index contributed by atoms with van der Waals surface area (Å²) >= 11 is 0. The normalized spacial score (nSPS) is 12.0. The summed E-state index contributed by atoms with van der Waals surface area (Å²) in [5.74, 6) is 0. The van der Waals surface area contributed by atoms with Crippen molar-refractivity contribution in [2.24, 2.45) is 0 Å². The summed E-state index contributed by atoms with van der Waals surface area (Å²) in [5.41, 5.74) is -0.207. The fraction of sp³-hybridized carbons (Fsp3) is 0.533. The molecule has 0 radical (unpaired) electrons. The van der Waals surface area contributed by atoms with E-state index >= 15 is 0 Å². The smallest absolute Gasteiger partial charge is 0.416 e. The Bertz CT molecular complexity index is 522. The highest BCUT2D eigenvalue weighted by Crippen LogP contribution is 2.31. The molecule has 0 aliphatic rings. The van der Waals surface area contributed by atoms with Gasteiger partial charge in [-0.25, -0.2) is 4.79 Å². The van der Waals surface area contributed by atoms with Gasteiger partial charge in [-0.3, -0.25) is 0 Å². The lowest BCUT2D eigenvalue weighted by Gasteiger charge is -2.20. The van der Waals surface area contributed by atoms with Crippen LogP contribution in [-0.2, 0) is 10.9 Å². The average Bonchev–Trinajstić information content (AvgIpc) is 2.33. The van der Waals surface area contributed by atoms with Gasteiger partial charge in [-0.05, 0) is 45.4 Å². The molecule has 1 rings (SSSR count). The molecule has 0 atom stereocenters. The monoisotopic (exact) mass is 318 g/mol. The Balaban J connectivity index is 2.50. The number of benzene rings is 1. The number of anilines is 1. The quantitative estimate of drug-likeness (QED) is 0.827. The third-order valence-electron chi connectivity index (χ3n) is 2.67. The van der Waals surface area contributed by atoms with Gasteiger partial charge in [0.25, 0.3) is 0 Å². The largest absolute Gasteiger partial charge is 0.444 e. The molecule has 124 valence electrons. The molecule has 1 amide bonds. The first-order valence-corrected chi connectivity index (χ1v) is 6.87. The van der Waals surface area contributed by atoms with Gasteiger partial charge in [-0.15, -0.1) is 0 Å². The molecule has 0 fully saturated rings. The topological polar surface area (TPSA) is 50.4 Å². The van der Waals surface area contributed by atoms with E-state index in [-0.39, 0.29) is 6.54 Å². The molecule has 7 heteroatoms. The van der Waals surface area contributed by atoms with Crippen molar-refractivity contribution in [1.29, 1.82) is 0 Å². The van der Waals surface area contributed by atoms with E-state index in [1.165, 1.54) is 6.07 Å². The first kappa shape index (κ1) is 18.1. The molecule has 2 N–H and O–H groups in total. The molecule has 1 aromatic rings. The molecule has 0 saturated carbocycles. The number of amides is 1. The Kier molecular flexibility index (Phi) is 5.68. The standard InChI is InChI=1S/C15H21F3N2O2/c1-10-5-6-11(15(16,17)18)9-12(10)19-7-8-20-13(21)22-14(2,3)4/h5-6,9,19H,7-8H2,1-4H3,(H,20,21). The van der Waals surface area contributed by atoms with E-state index < -0.39 is 23.4 Å². The van der Waals surface area contributed by atoms with Gasteiger partial charge >= 0.3 is 12.3 Å². The van der Waals surface area contributed by atoms with Crippen LogP contribution in [0.25, 0.3) is 0 Å². The zero-order valence-corrected chi connectivity index (χ0v) is 13.1. The fourth-order valence-corrected chi connectivity index (χ4v) is 1.66. The van der Waals surface area contributed by atoms with E-state index in [0.29, 0.717) is 17.8 Å². The number of carbonyl (C=O) groups excluding carboxylic acids is 1. The molecule has 0 aliphatic carbocycles. The number of alkyl carbamates (subject to hydrolysis) is 1. The Morgan fingerprint density at radius 3 is 2.36 bits per heavy atom. The van der Waals surface area contributed by atoms with E-state index in [1.807, 2.05) is 0 Å². The molecule has 1 aromatic carbocycles. The minimum Gasteiger partial charge on any atom is -0.444 e. The number of halogens is 3. The maximum atomic E-state index is 12.6. The van der Waals surface area contributed by atoms with Crippen LogP contribution in [-0.4, -0.2) is 24.8 Å². The molecule has 0 heterocycles. The second-order valence-electron chi connectivity index (χ2n) is 5.88. The first-order valence-electron chi connectivity index (χ1n) is 6.87. The van der Waals surface area contributed by atoms with Crippen LogP contribution in [0.15, 0.2) is 18.2 Å². The summed E-state index contributed by atoms with van der Waals surface area (Å²) in [7, 11) is 0. The van der Waals surface area contributed by atoms with Crippen LogP contribution in [0.4, 0.5) is 23.7 Å². The van der Waals surface area contributed by atoms with Crippen molar-refractivity contribution in [3.8, 4) is 0 Å². The SMILES string of the molecule is Cc1ccc(C(F)(F)F)cc1NCCNC(=O)OC(C)(C)C. The zero-order chi connectivity index (χ0) is 17.0. The van der Waals surface area contributed by atoms with E-state index in [9.17, 15) is 18.0 Å². The summed E-state index contributed by atoms with van der Waals surface area (Å²) in [6.45, 7) is 7.49. The Labute approximate surface area is 128 Å². The summed E-state index contributed by atoms with van der Waals surface area (Å²) in [5, 5.41) is 5.40. The highest BCUT2D eigenvalue weighted by Gasteiger charge is 2.30. The Hall–Kier alpha value is -1.92. The van der Waals surface area contributed by atoms with E-state index in [1.54, 1.807) is 27.7 Å². The zero-order valence-electron chi connectivity index (χ0n) is 13.1. The summed E-state index contributed by atoms with van der Waals surface area (Å²) < 4.78 is 43.0. The molecule has 0 bridgehead atoms. The number of nitrogens with one attached hydrogen (secondary N) is 2. The molecule has 22 heavy (non-hydrogen) atoms. The lowest BCUT2D eigenvalue weighted by atomic mass is 10.1. The van der Waals surface area contributed by atoms with Gasteiger partial charge in [0.05, 0.1) is 5.56 Å². The third kappa shape index (κ3) is 6.24. The van der Waals surface area contributed by atoms with Crippen molar-refractivity contribution in [3.63, 3.8) is 0 Å². The summed E-state index contributed by atoms with van der Waals surface area (Å²) in [6, 6.07) is 3.51. The maximum Gasteiger partial charge on any atom is 0.416 e. The van der Waals surface area contributed by atoms with Crippen LogP contribution in [0.3, 0.4) is 0 Å². The van der Waals surface area contributed by atoms with Crippen LogP contribution >= 0.6 is 0 Å². The second-order valence-corrected chi connectivity index (χ2v) is 5.88. The van der Waals surface area contributed by atoms with Gasteiger partial charge < -0.3 is 15.4 Å². The molecule has 0 spiro atoms. The summed E-state index contributed by atoms with van der Waals surface area (Å²) in [4.78, 5) is 11.4. The maximum absolute atomic E-state index is 12.6. The van der Waals surface area contributed by atoms with Crippen molar-refractivity contribution in [2.45, 2.75) is 39.5 Å². The average molecular weight is 318 g/mol. The van der Waals surface area contributed by atoms with Crippen LogP contribution in [0.5, 0.6) is 0 Å². The Morgan fingerprint density at radius 2 is 1.82 bits per heavy atom. The molecule has 0 saturated heterocycles. The Morgan fingerprint density at radius 1 is 1.18 bits per heavy atom. The van der Waals surface area contributed by atoms with Gasteiger partial charge in [-0.2, -0.15) is 13.2 Å². The molecular weight excluding hydrogens is 297 g/mol. The minimum absolute atomic E-state index is 0.241. The van der Waals surface area contributed by atoms with Gasteiger partial charge in [0.15, 0.2) is 0 Å². The number of alkyl halides is 3. The number of carbonyl (C=O) groups is 1. The number of aryl methyl sites for hydroxylation is 1. The van der Waals surface area contributed by atoms with Gasteiger partial charge in [0.1, 0.15) is 5.60 Å². The van der Waals surface area contributed by atoms with Crippen LogP contribution in [0.2, 0.25) is 0 Å². The molecular formula is C15H21F3N2O2. The first-order chi connectivity index (χ1) is 9.99. The van der Waals surface area contributed by atoms with E-state index in [2.05, 4.69) is 10.6 Å². The fourth-order valence-electron chi connectivity index (χ4n) is 1.66. The van der Waals surface area contributed by atoms with Gasteiger partial charge in [-0.1, -0.05) is 6.07 Å². The van der Waals surface area contributed by atoms with Crippen molar-refractivity contribution in [1.82, 2.24) is 5.32 Å². The highest BCUT2D eigenvalue weighted by molar-refractivity contribution is 5.67. The second kappa shape index (κ2) is 6.89. The minimum atomic E-state index is -4.38. The predicted octanol–water partition coefficient (Wildman–Crippen LogP) is 3.95. The molecule has 0 unspecified atom stereocenters. The third-order valence-corrected chi connectivity index (χ3v) is 2.67.